The molecular weight excluding hydrogens is 550 g/mol. The summed E-state index contributed by atoms with van der Waals surface area (Å²) in [6, 6.07) is 7.64. The lowest BCUT2D eigenvalue weighted by atomic mass is 10.0. The SMILES string of the molecule is Cc1cc(C)n(C(=O)c2c(NC(=O)c3ccc(S(=O)(=O)N(CC=N)CC=N)cc3)sc3c2CCN(C(C)C)C3)n1. The first kappa shape index (κ1) is 29.5. The lowest BCUT2D eigenvalue weighted by Crippen LogP contribution is -2.35. The standard InChI is InChI=1S/C27H33N7O4S2/c1-17(2)32-12-9-22-23(16-32)39-26(24(22)27(36)34-19(4)15-18(3)31-34)30-25(35)20-5-7-21(8-6-20)40(37,38)33(13-10-28)14-11-29/h5-8,10-11,15,17,28-29H,9,12-14,16H2,1-4H3,(H,30,35). The van der Waals surface area contributed by atoms with Crippen LogP contribution in [-0.4, -0.2) is 77.3 Å². The molecule has 0 saturated carbocycles. The van der Waals surface area contributed by atoms with E-state index in [0.717, 1.165) is 39.4 Å². The number of benzene rings is 1. The normalized spacial score (nSPS) is 13.8. The highest BCUT2D eigenvalue weighted by atomic mass is 32.2. The number of aryl methyl sites for hydroxylation is 2. The maximum atomic E-state index is 13.7. The molecule has 3 aromatic rings. The van der Waals surface area contributed by atoms with Gasteiger partial charge in [0.1, 0.15) is 5.00 Å². The minimum atomic E-state index is -3.95. The number of amides is 1. The molecular formula is C27H33N7O4S2. The van der Waals surface area contributed by atoms with Gasteiger partial charge in [0.25, 0.3) is 11.8 Å². The quantitative estimate of drug-likeness (QED) is 0.310. The second-order valence-corrected chi connectivity index (χ2v) is 12.9. The van der Waals surface area contributed by atoms with Crippen LogP contribution >= 0.6 is 11.3 Å². The minimum Gasteiger partial charge on any atom is -0.313 e. The Kier molecular flexibility index (Phi) is 8.78. The number of thiophene rings is 1. The van der Waals surface area contributed by atoms with Crippen molar-refractivity contribution in [1.82, 2.24) is 19.0 Å². The average Bonchev–Trinajstić information content (AvgIpc) is 3.45. The monoisotopic (exact) mass is 583 g/mol. The van der Waals surface area contributed by atoms with E-state index in [2.05, 4.69) is 29.2 Å². The van der Waals surface area contributed by atoms with Gasteiger partial charge in [0, 0.05) is 60.8 Å². The van der Waals surface area contributed by atoms with Crippen LogP contribution in [0.5, 0.6) is 0 Å². The van der Waals surface area contributed by atoms with Crippen LogP contribution in [-0.2, 0) is 23.0 Å². The first-order chi connectivity index (χ1) is 19.0. The van der Waals surface area contributed by atoms with E-state index >= 15 is 0 Å². The van der Waals surface area contributed by atoms with Gasteiger partial charge in [0.15, 0.2) is 0 Å². The zero-order valence-corrected chi connectivity index (χ0v) is 24.5. The Balaban J connectivity index is 1.66. The van der Waals surface area contributed by atoms with E-state index in [9.17, 15) is 18.0 Å². The van der Waals surface area contributed by atoms with Crippen LogP contribution in [0.15, 0.2) is 35.2 Å². The Morgan fingerprint density at radius 3 is 2.35 bits per heavy atom. The first-order valence-corrected chi connectivity index (χ1v) is 15.1. The van der Waals surface area contributed by atoms with Crippen molar-refractivity contribution in [3.8, 4) is 0 Å². The van der Waals surface area contributed by atoms with Gasteiger partial charge in [-0.2, -0.15) is 9.40 Å². The van der Waals surface area contributed by atoms with E-state index in [1.807, 2.05) is 19.9 Å². The number of aromatic nitrogens is 2. The van der Waals surface area contributed by atoms with E-state index < -0.39 is 15.9 Å². The Morgan fingerprint density at radius 1 is 1.15 bits per heavy atom. The third kappa shape index (κ3) is 5.82. The Hall–Kier alpha value is -3.52. The summed E-state index contributed by atoms with van der Waals surface area (Å²) >= 11 is 1.38. The van der Waals surface area contributed by atoms with Crippen LogP contribution in [0.4, 0.5) is 5.00 Å². The number of anilines is 1. The summed E-state index contributed by atoms with van der Waals surface area (Å²) in [7, 11) is -3.95. The molecule has 0 aliphatic carbocycles. The third-order valence-electron chi connectivity index (χ3n) is 6.80. The molecule has 3 heterocycles. The van der Waals surface area contributed by atoms with Gasteiger partial charge >= 0.3 is 0 Å². The largest absolute Gasteiger partial charge is 0.313 e. The fourth-order valence-corrected chi connectivity index (χ4v) is 7.28. The number of nitrogens with zero attached hydrogens (tertiary/aromatic N) is 4. The highest BCUT2D eigenvalue weighted by molar-refractivity contribution is 7.89. The summed E-state index contributed by atoms with van der Waals surface area (Å²) in [6.45, 7) is 9.05. The summed E-state index contributed by atoms with van der Waals surface area (Å²) in [4.78, 5) is 30.3. The van der Waals surface area contributed by atoms with E-state index in [-0.39, 0.29) is 29.5 Å². The van der Waals surface area contributed by atoms with Crippen LogP contribution in [0, 0.1) is 24.7 Å². The van der Waals surface area contributed by atoms with E-state index in [1.165, 1.54) is 40.3 Å². The van der Waals surface area contributed by atoms with Crippen LogP contribution < -0.4 is 5.32 Å². The van der Waals surface area contributed by atoms with Crippen LogP contribution in [0.3, 0.4) is 0 Å². The molecule has 0 bridgehead atoms. The van der Waals surface area contributed by atoms with Gasteiger partial charge in [0.2, 0.25) is 10.0 Å². The summed E-state index contributed by atoms with van der Waals surface area (Å²) in [5, 5.41) is 22.2. The van der Waals surface area contributed by atoms with E-state index in [4.69, 9.17) is 10.8 Å². The minimum absolute atomic E-state index is 0.0477. The molecule has 0 unspecified atom stereocenters. The number of nitrogens with one attached hydrogen (secondary N) is 3. The first-order valence-electron chi connectivity index (χ1n) is 12.8. The molecule has 13 heteroatoms. The van der Waals surface area contributed by atoms with Gasteiger partial charge in [0.05, 0.1) is 16.2 Å². The topological polar surface area (TPSA) is 152 Å². The number of rotatable bonds is 10. The molecule has 1 aromatic carbocycles. The van der Waals surface area contributed by atoms with Crippen molar-refractivity contribution in [3.63, 3.8) is 0 Å². The number of carbonyl (C=O) groups is 2. The van der Waals surface area contributed by atoms with Crippen molar-refractivity contribution >= 4 is 50.6 Å². The van der Waals surface area contributed by atoms with Crippen LogP contribution in [0.1, 0.15) is 56.4 Å². The molecule has 0 fully saturated rings. The van der Waals surface area contributed by atoms with Gasteiger partial charge in [-0.3, -0.25) is 14.5 Å². The molecule has 1 amide bonds. The molecule has 0 saturated heterocycles. The summed E-state index contributed by atoms with van der Waals surface area (Å²) < 4.78 is 28.2. The lowest BCUT2D eigenvalue weighted by Gasteiger charge is -2.30. The second-order valence-electron chi connectivity index (χ2n) is 9.87. The Morgan fingerprint density at radius 2 is 1.80 bits per heavy atom. The highest BCUT2D eigenvalue weighted by Crippen LogP contribution is 2.38. The predicted molar refractivity (Wildman–Crippen MR) is 156 cm³/mol. The van der Waals surface area contributed by atoms with E-state index in [1.54, 1.807) is 0 Å². The Labute approximate surface area is 237 Å². The number of carbonyl (C=O) groups excluding carboxylic acids is 2. The maximum Gasteiger partial charge on any atom is 0.281 e. The summed E-state index contributed by atoms with van der Waals surface area (Å²) in [5.41, 5.74) is 3.02. The molecule has 1 aliphatic rings. The van der Waals surface area contributed by atoms with Crippen molar-refractivity contribution in [1.29, 1.82) is 10.8 Å². The van der Waals surface area contributed by atoms with Crippen LogP contribution in [0.25, 0.3) is 0 Å². The van der Waals surface area contributed by atoms with Crippen molar-refractivity contribution in [2.75, 3.05) is 25.0 Å². The molecule has 212 valence electrons. The third-order valence-corrected chi connectivity index (χ3v) is 9.78. The number of hydrogen-bond acceptors (Lipinski definition) is 9. The zero-order chi connectivity index (χ0) is 29.2. The molecule has 11 nitrogen and oxygen atoms in total. The molecule has 0 radical (unpaired) electrons. The molecule has 2 aromatic heterocycles. The van der Waals surface area contributed by atoms with Gasteiger partial charge in [-0.05, 0) is 70.0 Å². The van der Waals surface area contributed by atoms with Gasteiger partial charge < -0.3 is 16.1 Å². The van der Waals surface area contributed by atoms with Crippen molar-refractivity contribution in [2.24, 2.45) is 0 Å². The summed E-state index contributed by atoms with van der Waals surface area (Å²) in [6.07, 6.45) is 2.58. The molecule has 40 heavy (non-hydrogen) atoms. The molecule has 0 atom stereocenters. The maximum absolute atomic E-state index is 13.7. The number of sulfonamides is 1. The molecule has 3 N–H and O–H groups in total. The average molecular weight is 584 g/mol. The smallest absolute Gasteiger partial charge is 0.281 e. The van der Waals surface area contributed by atoms with Crippen molar-refractivity contribution in [2.45, 2.75) is 51.6 Å². The lowest BCUT2D eigenvalue weighted by molar-refractivity contribution is 0.0941. The second kappa shape index (κ2) is 11.9. The number of fused-ring (bicyclic) bond motifs is 1. The fourth-order valence-electron chi connectivity index (χ4n) is 4.70. The summed E-state index contributed by atoms with van der Waals surface area (Å²) in [5.74, 6) is -0.767. The van der Waals surface area contributed by atoms with Gasteiger partial charge in [-0.25, -0.2) is 13.1 Å². The van der Waals surface area contributed by atoms with Gasteiger partial charge in [-0.1, -0.05) is 0 Å². The van der Waals surface area contributed by atoms with E-state index in [0.29, 0.717) is 35.3 Å². The fraction of sp³-hybridized carbons (Fsp3) is 0.370. The number of hydrogen-bond donors (Lipinski definition) is 3. The van der Waals surface area contributed by atoms with Gasteiger partial charge in [-0.15, -0.1) is 11.3 Å². The molecule has 0 spiro atoms. The Bertz CT molecular complexity index is 1550. The van der Waals surface area contributed by atoms with Crippen LogP contribution in [0.2, 0.25) is 0 Å². The molecule has 1 aliphatic heterocycles. The van der Waals surface area contributed by atoms with Crippen molar-refractivity contribution < 1.29 is 18.0 Å². The zero-order valence-electron chi connectivity index (χ0n) is 22.9. The predicted octanol–water partition coefficient (Wildman–Crippen LogP) is 3.56. The highest BCUT2D eigenvalue weighted by Gasteiger charge is 2.31. The molecule has 4 rings (SSSR count). The van der Waals surface area contributed by atoms with Crippen molar-refractivity contribution in [3.05, 3.63) is 63.3 Å².